The Morgan fingerprint density at radius 2 is 1.91 bits per heavy atom. The highest BCUT2D eigenvalue weighted by Gasteiger charge is 2.33. The van der Waals surface area contributed by atoms with Gasteiger partial charge in [-0.15, -0.1) is 0 Å². The molecule has 0 spiro atoms. The van der Waals surface area contributed by atoms with Gasteiger partial charge in [-0.25, -0.2) is 4.98 Å². The van der Waals surface area contributed by atoms with E-state index in [1.54, 1.807) is 10.9 Å². The van der Waals surface area contributed by atoms with Gasteiger partial charge in [0, 0.05) is 36.6 Å². The van der Waals surface area contributed by atoms with Crippen molar-refractivity contribution in [2.75, 3.05) is 18.4 Å². The largest absolute Gasteiger partial charge is 0.361 e. The summed E-state index contributed by atoms with van der Waals surface area (Å²) < 4.78 is 1.72. The van der Waals surface area contributed by atoms with Crippen molar-refractivity contribution < 1.29 is 4.79 Å². The Labute approximate surface area is 194 Å². The Morgan fingerprint density at radius 1 is 1.12 bits per heavy atom. The topological polar surface area (TPSA) is 75.9 Å². The Balaban J connectivity index is 1.31. The molecule has 1 saturated heterocycles. The molecule has 0 radical (unpaired) electrons. The number of fused-ring (bicyclic) bond motifs is 1. The van der Waals surface area contributed by atoms with Crippen molar-refractivity contribution in [1.82, 2.24) is 24.6 Å². The number of hydrogen-bond donors (Lipinski definition) is 1. The summed E-state index contributed by atoms with van der Waals surface area (Å²) in [4.78, 5) is 23.9. The summed E-state index contributed by atoms with van der Waals surface area (Å²) in [5, 5.41) is 7.99. The molecule has 3 aromatic rings. The number of anilines is 1. The molecule has 4 heterocycles. The zero-order valence-corrected chi connectivity index (χ0v) is 19.7. The number of likely N-dealkylation sites (tertiary alicyclic amines) is 1. The first-order valence-electron chi connectivity index (χ1n) is 12.0. The Morgan fingerprint density at radius 3 is 2.67 bits per heavy atom. The summed E-state index contributed by atoms with van der Waals surface area (Å²) >= 11 is 0. The minimum absolute atomic E-state index is 0.0483. The molecular formula is C26H32N6O. The summed E-state index contributed by atoms with van der Waals surface area (Å²) in [5.74, 6) is 1.58. The Kier molecular flexibility index (Phi) is 5.64. The molecule has 1 unspecified atom stereocenters. The predicted octanol–water partition coefficient (Wildman–Crippen LogP) is 4.66. The van der Waals surface area contributed by atoms with Crippen molar-refractivity contribution in [3.05, 3.63) is 48.4 Å². The van der Waals surface area contributed by atoms with E-state index in [1.165, 1.54) is 12.0 Å². The molecule has 1 fully saturated rings. The van der Waals surface area contributed by atoms with E-state index in [9.17, 15) is 4.79 Å². The van der Waals surface area contributed by atoms with Gasteiger partial charge in [0.25, 0.3) is 0 Å². The normalized spacial score (nSPS) is 20.6. The van der Waals surface area contributed by atoms with Crippen LogP contribution in [0.4, 0.5) is 5.82 Å². The molecule has 0 aromatic carbocycles. The van der Waals surface area contributed by atoms with Gasteiger partial charge in [0.2, 0.25) is 5.91 Å². The van der Waals surface area contributed by atoms with Crippen LogP contribution >= 0.6 is 0 Å². The van der Waals surface area contributed by atoms with Gasteiger partial charge in [-0.3, -0.25) is 14.5 Å². The molecule has 1 aliphatic heterocycles. The fourth-order valence-corrected chi connectivity index (χ4v) is 4.76. The van der Waals surface area contributed by atoms with Gasteiger partial charge >= 0.3 is 0 Å². The van der Waals surface area contributed by atoms with Crippen LogP contribution in [0.5, 0.6) is 0 Å². The van der Waals surface area contributed by atoms with Crippen LogP contribution in [0.25, 0.3) is 22.2 Å². The van der Waals surface area contributed by atoms with E-state index in [1.807, 2.05) is 35.5 Å². The molecule has 1 atom stereocenters. The van der Waals surface area contributed by atoms with Gasteiger partial charge < -0.3 is 10.2 Å². The quantitative estimate of drug-likeness (QED) is 0.560. The first-order chi connectivity index (χ1) is 15.9. The lowest BCUT2D eigenvalue weighted by Gasteiger charge is -2.39. The number of amides is 1. The van der Waals surface area contributed by atoms with Gasteiger partial charge in [0.05, 0.1) is 22.8 Å². The fraction of sp³-hybridized carbons (Fsp3) is 0.462. The highest BCUT2D eigenvalue weighted by molar-refractivity contribution is 5.81. The lowest BCUT2D eigenvalue weighted by atomic mass is 9.75. The van der Waals surface area contributed by atoms with Crippen LogP contribution in [0, 0.1) is 5.92 Å². The van der Waals surface area contributed by atoms with Gasteiger partial charge in [-0.2, -0.15) is 5.10 Å². The minimum atomic E-state index is -0.0483. The maximum atomic E-state index is 12.6. The molecule has 7 heteroatoms. The van der Waals surface area contributed by atoms with E-state index in [0.717, 1.165) is 60.3 Å². The lowest BCUT2D eigenvalue weighted by Crippen LogP contribution is -2.41. The number of nitrogens with zero attached hydrogens (tertiary/aromatic N) is 5. The summed E-state index contributed by atoms with van der Waals surface area (Å²) in [7, 11) is 0. The predicted molar refractivity (Wildman–Crippen MR) is 131 cm³/mol. The van der Waals surface area contributed by atoms with Crippen LogP contribution in [0.1, 0.15) is 46.5 Å². The van der Waals surface area contributed by atoms with Crippen molar-refractivity contribution in [2.24, 2.45) is 5.92 Å². The van der Waals surface area contributed by atoms with Crippen LogP contribution in [0.3, 0.4) is 0 Å². The van der Waals surface area contributed by atoms with Crippen molar-refractivity contribution >= 4 is 22.8 Å². The third kappa shape index (κ3) is 4.63. The van der Waals surface area contributed by atoms with Crippen LogP contribution < -0.4 is 5.32 Å². The van der Waals surface area contributed by atoms with E-state index in [0.29, 0.717) is 5.92 Å². The number of rotatable bonds is 6. The molecular weight excluding hydrogens is 412 g/mol. The third-order valence-corrected chi connectivity index (χ3v) is 6.74. The first kappa shape index (κ1) is 21.6. The van der Waals surface area contributed by atoms with Gasteiger partial charge in [0.15, 0.2) is 0 Å². The number of carbonyl (C=O) groups excluding carboxylic acids is 1. The summed E-state index contributed by atoms with van der Waals surface area (Å²) in [6.45, 7) is 8.67. The number of nitrogens with one attached hydrogen (secondary N) is 1. The molecule has 172 valence electrons. The standard InChI is InChI=1S/C26H32N6O/c1-18(2)20-12-26(3,13-20)30-24-8-7-22-23(29-24)11-19(14-27-22)21-15-28-32(16-21)17-25(33)31-9-5-4-6-10-31/h7-8,11-12,14-16,18H,4-6,9-10,13,17H2,1-3H3,(H,29,30). The Hall–Kier alpha value is -3.22. The molecule has 3 aromatic heterocycles. The number of aromatic nitrogens is 4. The van der Waals surface area contributed by atoms with Crippen molar-refractivity contribution in [3.8, 4) is 11.1 Å². The van der Waals surface area contributed by atoms with E-state index < -0.39 is 0 Å². The van der Waals surface area contributed by atoms with E-state index in [4.69, 9.17) is 4.98 Å². The summed E-state index contributed by atoms with van der Waals surface area (Å²) in [6.07, 6.45) is 12.3. The van der Waals surface area contributed by atoms with E-state index >= 15 is 0 Å². The maximum absolute atomic E-state index is 12.6. The first-order valence-corrected chi connectivity index (χ1v) is 12.0. The minimum Gasteiger partial charge on any atom is -0.361 e. The molecule has 33 heavy (non-hydrogen) atoms. The number of pyridine rings is 2. The molecule has 0 bridgehead atoms. The van der Waals surface area contributed by atoms with Crippen molar-refractivity contribution in [2.45, 2.75) is 58.5 Å². The zero-order chi connectivity index (χ0) is 23.0. The van der Waals surface area contributed by atoms with Crippen LogP contribution in [-0.4, -0.2) is 49.2 Å². The molecule has 7 nitrogen and oxygen atoms in total. The summed E-state index contributed by atoms with van der Waals surface area (Å²) in [6, 6.07) is 6.04. The molecule has 0 saturated carbocycles. The smallest absolute Gasteiger partial charge is 0.244 e. The van der Waals surface area contributed by atoms with Crippen molar-refractivity contribution in [3.63, 3.8) is 0 Å². The summed E-state index contributed by atoms with van der Waals surface area (Å²) in [5.41, 5.74) is 5.02. The van der Waals surface area contributed by atoms with Crippen LogP contribution in [0.2, 0.25) is 0 Å². The number of hydrogen-bond acceptors (Lipinski definition) is 5. The maximum Gasteiger partial charge on any atom is 0.244 e. The zero-order valence-electron chi connectivity index (χ0n) is 19.7. The van der Waals surface area contributed by atoms with Crippen LogP contribution in [0.15, 0.2) is 48.4 Å². The molecule has 2 aliphatic rings. The average Bonchev–Trinajstić information content (AvgIpc) is 3.26. The van der Waals surface area contributed by atoms with E-state index in [-0.39, 0.29) is 18.0 Å². The highest BCUT2D eigenvalue weighted by atomic mass is 16.2. The second kappa shape index (κ2) is 8.61. The van der Waals surface area contributed by atoms with E-state index in [2.05, 4.69) is 42.2 Å². The van der Waals surface area contributed by atoms with Gasteiger partial charge in [-0.1, -0.05) is 25.5 Å². The number of piperidine rings is 1. The number of carbonyl (C=O) groups is 1. The average molecular weight is 445 g/mol. The Bertz CT molecular complexity index is 1210. The lowest BCUT2D eigenvalue weighted by molar-refractivity contribution is -0.132. The second-order valence-electron chi connectivity index (χ2n) is 9.92. The van der Waals surface area contributed by atoms with Gasteiger partial charge in [-0.05, 0) is 56.7 Å². The molecule has 1 aliphatic carbocycles. The second-order valence-corrected chi connectivity index (χ2v) is 9.92. The van der Waals surface area contributed by atoms with Gasteiger partial charge in [0.1, 0.15) is 12.4 Å². The SMILES string of the molecule is CC(C)C1=CC(C)(Nc2ccc3ncc(-c4cnn(CC(=O)N5CCCCC5)c4)cc3n2)C1. The van der Waals surface area contributed by atoms with Crippen molar-refractivity contribution in [1.29, 1.82) is 0 Å². The third-order valence-electron chi connectivity index (χ3n) is 6.74. The molecule has 1 N–H and O–H groups in total. The molecule has 5 rings (SSSR count). The van der Waals surface area contributed by atoms with Crippen LogP contribution in [-0.2, 0) is 11.3 Å². The molecule has 1 amide bonds. The highest BCUT2D eigenvalue weighted by Crippen LogP contribution is 2.37. The fourth-order valence-electron chi connectivity index (χ4n) is 4.76. The monoisotopic (exact) mass is 444 g/mol.